The van der Waals surface area contributed by atoms with Crippen LogP contribution in [-0.4, -0.2) is 17.1 Å². The van der Waals surface area contributed by atoms with Crippen LogP contribution >= 0.6 is 22.6 Å². The first-order chi connectivity index (χ1) is 3.89. The molecule has 1 nitrogen and oxygen atoms in total. The Balaban J connectivity index is 0.0000000800. The molecule has 0 atom stereocenters. The molecule has 2 rings (SSSR count). The molecule has 1 aliphatic carbocycles. The van der Waals surface area contributed by atoms with E-state index in [4.69, 9.17) is 4.74 Å². The van der Waals surface area contributed by atoms with Crippen molar-refractivity contribution < 1.29 is 4.74 Å². The highest BCUT2D eigenvalue weighted by molar-refractivity contribution is 14.1. The summed E-state index contributed by atoms with van der Waals surface area (Å²) in [5.41, 5.74) is 0. The van der Waals surface area contributed by atoms with Crippen LogP contribution in [0.3, 0.4) is 0 Å². The van der Waals surface area contributed by atoms with Crippen molar-refractivity contribution in [2.75, 3.05) is 13.2 Å². The molecule has 0 amide bonds. The van der Waals surface area contributed by atoms with E-state index < -0.39 is 0 Å². The summed E-state index contributed by atoms with van der Waals surface area (Å²) in [5, 5.41) is 0. The first kappa shape index (κ1) is 6.81. The van der Waals surface area contributed by atoms with E-state index in [2.05, 4.69) is 22.6 Å². The monoisotopic (exact) mass is 226 g/mol. The highest BCUT2D eigenvalue weighted by atomic mass is 127. The fourth-order valence-electron chi connectivity index (χ4n) is 0.207. The highest BCUT2D eigenvalue weighted by Gasteiger charge is 2.15. The van der Waals surface area contributed by atoms with Crippen molar-refractivity contribution in [2.24, 2.45) is 0 Å². The van der Waals surface area contributed by atoms with Gasteiger partial charge in [-0.2, -0.15) is 0 Å². The minimum atomic E-state index is 1.00. The molecule has 0 N–H and O–H groups in total. The van der Waals surface area contributed by atoms with Crippen LogP contribution in [0.1, 0.15) is 19.3 Å². The van der Waals surface area contributed by atoms with Gasteiger partial charge in [-0.15, -0.1) is 0 Å². The zero-order valence-corrected chi connectivity index (χ0v) is 7.06. The first-order valence-electron chi connectivity index (χ1n) is 3.11. The van der Waals surface area contributed by atoms with Gasteiger partial charge in [0.1, 0.15) is 0 Å². The molecule has 2 aliphatic rings. The quantitative estimate of drug-likeness (QED) is 0.453. The molecule has 2 heteroatoms. The Hall–Kier alpha value is 0.690. The van der Waals surface area contributed by atoms with Gasteiger partial charge in [-0.25, -0.2) is 0 Å². The molecule has 48 valence electrons. The van der Waals surface area contributed by atoms with Crippen LogP contribution in [0.15, 0.2) is 0 Å². The van der Waals surface area contributed by atoms with Gasteiger partial charge in [0.05, 0.1) is 0 Å². The van der Waals surface area contributed by atoms with Crippen LogP contribution < -0.4 is 0 Å². The molecule has 0 aromatic carbocycles. The van der Waals surface area contributed by atoms with Crippen molar-refractivity contribution in [3.8, 4) is 0 Å². The summed E-state index contributed by atoms with van der Waals surface area (Å²) in [4.78, 5) is 0. The molecule has 0 bridgehead atoms. The van der Waals surface area contributed by atoms with Crippen LogP contribution in [0.25, 0.3) is 0 Å². The molecule has 0 aromatic rings. The number of alkyl halides is 1. The normalized spacial score (nSPS) is 25.1. The molecule has 0 aromatic heterocycles. The minimum Gasteiger partial charge on any atom is -0.381 e. The van der Waals surface area contributed by atoms with Gasteiger partial charge in [0.2, 0.25) is 0 Å². The number of rotatable bonds is 0. The standard InChI is InChI=1S/C3H5I.C3H6O/c4-3-1-2-3;1-2-4-3-1/h3H,1-2H2;1-3H2. The molecular weight excluding hydrogens is 215 g/mol. The summed E-state index contributed by atoms with van der Waals surface area (Å²) in [7, 11) is 0. The molecule has 0 unspecified atom stereocenters. The van der Waals surface area contributed by atoms with Crippen LogP contribution in [-0.2, 0) is 4.74 Å². The molecule has 1 saturated carbocycles. The van der Waals surface area contributed by atoms with Crippen molar-refractivity contribution in [2.45, 2.75) is 23.2 Å². The zero-order chi connectivity index (χ0) is 5.82. The Morgan fingerprint density at radius 3 is 1.50 bits per heavy atom. The van der Waals surface area contributed by atoms with Crippen LogP contribution in [0.4, 0.5) is 0 Å². The van der Waals surface area contributed by atoms with Crippen LogP contribution in [0, 0.1) is 0 Å². The van der Waals surface area contributed by atoms with Crippen molar-refractivity contribution in [1.82, 2.24) is 0 Å². The largest absolute Gasteiger partial charge is 0.381 e. The summed E-state index contributed by atoms with van der Waals surface area (Å²) >= 11 is 2.45. The average molecular weight is 226 g/mol. The molecule has 8 heavy (non-hydrogen) atoms. The number of hydrogen-bond donors (Lipinski definition) is 0. The number of ether oxygens (including phenoxy) is 1. The Morgan fingerprint density at radius 1 is 1.25 bits per heavy atom. The van der Waals surface area contributed by atoms with Gasteiger partial charge in [-0.05, 0) is 19.3 Å². The van der Waals surface area contributed by atoms with Crippen molar-refractivity contribution in [3.63, 3.8) is 0 Å². The summed E-state index contributed by atoms with van der Waals surface area (Å²) in [6.07, 6.45) is 4.22. The zero-order valence-electron chi connectivity index (χ0n) is 4.90. The lowest BCUT2D eigenvalue weighted by molar-refractivity contribution is 0.0367. The van der Waals surface area contributed by atoms with Gasteiger partial charge in [-0.3, -0.25) is 0 Å². The van der Waals surface area contributed by atoms with Gasteiger partial charge in [0.15, 0.2) is 0 Å². The van der Waals surface area contributed by atoms with E-state index in [0.717, 1.165) is 17.1 Å². The van der Waals surface area contributed by atoms with E-state index >= 15 is 0 Å². The molecule has 0 radical (unpaired) electrons. The fourth-order valence-corrected chi connectivity index (χ4v) is 0.567. The molecule has 1 aliphatic heterocycles. The van der Waals surface area contributed by atoms with Gasteiger partial charge < -0.3 is 4.74 Å². The van der Waals surface area contributed by atoms with Crippen LogP contribution in [0.5, 0.6) is 0 Å². The van der Waals surface area contributed by atoms with Crippen molar-refractivity contribution in [3.05, 3.63) is 0 Å². The summed E-state index contributed by atoms with van der Waals surface area (Å²) in [6.45, 7) is 2.00. The van der Waals surface area contributed by atoms with E-state index in [0.29, 0.717) is 0 Å². The third-order valence-electron chi connectivity index (χ3n) is 1.08. The number of hydrogen-bond acceptors (Lipinski definition) is 1. The van der Waals surface area contributed by atoms with Crippen molar-refractivity contribution in [1.29, 1.82) is 0 Å². The van der Waals surface area contributed by atoms with Gasteiger partial charge in [-0.1, -0.05) is 22.6 Å². The molecular formula is C6H11IO. The van der Waals surface area contributed by atoms with Gasteiger partial charge >= 0.3 is 0 Å². The van der Waals surface area contributed by atoms with Gasteiger partial charge in [0.25, 0.3) is 0 Å². The summed E-state index contributed by atoms with van der Waals surface area (Å²) in [6, 6.07) is 0. The summed E-state index contributed by atoms with van der Waals surface area (Å²) < 4.78 is 5.78. The Morgan fingerprint density at radius 2 is 1.50 bits per heavy atom. The van der Waals surface area contributed by atoms with Crippen LogP contribution in [0.2, 0.25) is 0 Å². The second-order valence-electron chi connectivity index (χ2n) is 2.14. The van der Waals surface area contributed by atoms with E-state index in [1.165, 1.54) is 19.3 Å². The molecule has 1 heterocycles. The fraction of sp³-hybridized carbons (Fsp3) is 1.00. The maximum absolute atomic E-state index is 4.72. The third-order valence-corrected chi connectivity index (χ3v) is 2.33. The first-order valence-corrected chi connectivity index (χ1v) is 4.36. The molecule has 2 fully saturated rings. The smallest absolute Gasteiger partial charge is 0.0488 e. The second kappa shape index (κ2) is 3.67. The lowest BCUT2D eigenvalue weighted by Crippen LogP contribution is -2.09. The Labute approximate surface area is 63.9 Å². The number of halogens is 1. The Kier molecular flexibility index (Phi) is 3.12. The van der Waals surface area contributed by atoms with Crippen molar-refractivity contribution >= 4 is 22.6 Å². The van der Waals surface area contributed by atoms with Gasteiger partial charge in [0, 0.05) is 17.1 Å². The lowest BCUT2D eigenvalue weighted by atomic mass is 10.4. The summed E-state index contributed by atoms with van der Waals surface area (Å²) in [5.74, 6) is 0. The molecule has 0 spiro atoms. The maximum atomic E-state index is 4.72. The van der Waals surface area contributed by atoms with E-state index in [-0.39, 0.29) is 0 Å². The third kappa shape index (κ3) is 3.66. The second-order valence-corrected chi connectivity index (χ2v) is 3.90. The lowest BCUT2D eigenvalue weighted by Gasteiger charge is -2.09. The van der Waals surface area contributed by atoms with E-state index in [9.17, 15) is 0 Å². The minimum absolute atomic E-state index is 1.00. The highest BCUT2D eigenvalue weighted by Crippen LogP contribution is 2.28. The Bertz CT molecular complexity index is 53.5. The maximum Gasteiger partial charge on any atom is 0.0488 e. The topological polar surface area (TPSA) is 9.23 Å². The predicted molar refractivity (Wildman–Crippen MR) is 42.5 cm³/mol. The van der Waals surface area contributed by atoms with E-state index in [1.54, 1.807) is 0 Å². The molecule has 1 saturated heterocycles. The predicted octanol–water partition coefficient (Wildman–Crippen LogP) is 1.99. The SMILES string of the molecule is C1COC1.IC1CC1. The van der Waals surface area contributed by atoms with E-state index in [1.807, 2.05) is 0 Å². The average Bonchev–Trinajstić information content (AvgIpc) is 2.13.